The molecule has 1 amide bonds. The van der Waals surface area contributed by atoms with Crippen LogP contribution in [-0.2, 0) is 0 Å². The van der Waals surface area contributed by atoms with E-state index in [1.807, 2.05) is 30.1 Å². The highest BCUT2D eigenvalue weighted by molar-refractivity contribution is 6.05. The molecule has 6 nitrogen and oxygen atoms in total. The molecule has 0 spiro atoms. The summed E-state index contributed by atoms with van der Waals surface area (Å²) in [5.74, 6) is -0.453. The molecule has 1 aromatic heterocycles. The molecule has 0 atom stereocenters. The molecule has 0 aliphatic heterocycles. The van der Waals surface area contributed by atoms with E-state index in [9.17, 15) is 14.4 Å². The molecule has 0 radical (unpaired) electrons. The number of carbonyl (C=O) groups is 1. The first-order valence-corrected chi connectivity index (χ1v) is 5.82. The molecule has 1 heterocycles. The Bertz CT molecular complexity index is 688. The SMILES string of the molecule is CCN(C(=O)c1c[nH]c(=O)[nH]c1=O)c1ccccc1. The van der Waals surface area contributed by atoms with Gasteiger partial charge in [-0.1, -0.05) is 18.2 Å². The number of nitrogens with zero attached hydrogens (tertiary/aromatic N) is 1. The predicted octanol–water partition coefficient (Wildman–Crippen LogP) is 0.730. The van der Waals surface area contributed by atoms with E-state index in [1.54, 1.807) is 12.1 Å². The highest BCUT2D eigenvalue weighted by atomic mass is 16.2. The minimum atomic E-state index is -0.692. The molecule has 0 fully saturated rings. The van der Waals surface area contributed by atoms with Crippen LogP contribution in [0.5, 0.6) is 0 Å². The maximum Gasteiger partial charge on any atom is 0.325 e. The molecule has 0 aliphatic rings. The van der Waals surface area contributed by atoms with Gasteiger partial charge in [0.1, 0.15) is 5.56 Å². The molecule has 0 saturated carbocycles. The zero-order chi connectivity index (χ0) is 13.8. The van der Waals surface area contributed by atoms with Gasteiger partial charge in [-0.05, 0) is 19.1 Å². The number of aromatic amines is 2. The van der Waals surface area contributed by atoms with Gasteiger partial charge in [-0.15, -0.1) is 0 Å². The van der Waals surface area contributed by atoms with Gasteiger partial charge < -0.3 is 9.88 Å². The van der Waals surface area contributed by atoms with E-state index >= 15 is 0 Å². The molecule has 0 unspecified atom stereocenters. The summed E-state index contributed by atoms with van der Waals surface area (Å²) in [6.07, 6.45) is 1.13. The third-order valence-corrected chi connectivity index (χ3v) is 2.68. The van der Waals surface area contributed by atoms with Crippen LogP contribution in [0.4, 0.5) is 5.69 Å². The smallest absolute Gasteiger partial charge is 0.313 e. The molecule has 0 aliphatic carbocycles. The van der Waals surface area contributed by atoms with Crippen molar-refractivity contribution in [1.29, 1.82) is 0 Å². The Morgan fingerprint density at radius 1 is 1.21 bits per heavy atom. The van der Waals surface area contributed by atoms with E-state index in [0.717, 1.165) is 6.20 Å². The average molecular weight is 259 g/mol. The number of rotatable bonds is 3. The first kappa shape index (κ1) is 12.8. The number of nitrogens with one attached hydrogen (secondary N) is 2. The largest absolute Gasteiger partial charge is 0.325 e. The molecule has 98 valence electrons. The quantitative estimate of drug-likeness (QED) is 0.852. The highest BCUT2D eigenvalue weighted by Crippen LogP contribution is 2.14. The topological polar surface area (TPSA) is 86.0 Å². The lowest BCUT2D eigenvalue weighted by molar-refractivity contribution is 0.0986. The molecule has 1 aromatic carbocycles. The highest BCUT2D eigenvalue weighted by Gasteiger charge is 2.19. The number of para-hydroxylation sites is 1. The second kappa shape index (κ2) is 5.34. The van der Waals surface area contributed by atoms with Crippen LogP contribution in [-0.4, -0.2) is 22.4 Å². The van der Waals surface area contributed by atoms with Crippen LogP contribution in [0.2, 0.25) is 0 Å². The third-order valence-electron chi connectivity index (χ3n) is 2.68. The summed E-state index contributed by atoms with van der Waals surface area (Å²) in [7, 11) is 0. The molecule has 6 heteroatoms. The summed E-state index contributed by atoms with van der Waals surface area (Å²) in [5, 5.41) is 0. The number of hydrogen-bond acceptors (Lipinski definition) is 3. The molecular formula is C13H13N3O3. The molecule has 19 heavy (non-hydrogen) atoms. The minimum absolute atomic E-state index is 0.0923. The van der Waals surface area contributed by atoms with Gasteiger partial charge in [0, 0.05) is 18.4 Å². The summed E-state index contributed by atoms with van der Waals surface area (Å²) in [5.41, 5.74) is -0.724. The maximum absolute atomic E-state index is 12.3. The van der Waals surface area contributed by atoms with Crippen molar-refractivity contribution < 1.29 is 4.79 Å². The fourth-order valence-corrected chi connectivity index (χ4v) is 1.77. The van der Waals surface area contributed by atoms with Gasteiger partial charge in [0.2, 0.25) is 0 Å². The van der Waals surface area contributed by atoms with Gasteiger partial charge in [0.25, 0.3) is 11.5 Å². The van der Waals surface area contributed by atoms with E-state index in [4.69, 9.17) is 0 Å². The molecule has 0 saturated heterocycles. The number of carbonyl (C=O) groups excluding carboxylic acids is 1. The van der Waals surface area contributed by atoms with E-state index in [-0.39, 0.29) is 5.56 Å². The Morgan fingerprint density at radius 3 is 2.47 bits per heavy atom. The summed E-state index contributed by atoms with van der Waals surface area (Å²) < 4.78 is 0. The van der Waals surface area contributed by atoms with Crippen molar-refractivity contribution in [3.05, 3.63) is 62.9 Å². The Labute approximate surface area is 108 Å². The van der Waals surface area contributed by atoms with Gasteiger partial charge >= 0.3 is 5.69 Å². The summed E-state index contributed by atoms with van der Waals surface area (Å²) in [4.78, 5) is 40.6. The van der Waals surface area contributed by atoms with E-state index in [2.05, 4.69) is 4.98 Å². The lowest BCUT2D eigenvalue weighted by atomic mass is 10.2. The van der Waals surface area contributed by atoms with Crippen molar-refractivity contribution in [3.8, 4) is 0 Å². The lowest BCUT2D eigenvalue weighted by Gasteiger charge is -2.20. The standard InChI is InChI=1S/C13H13N3O3/c1-2-16(9-6-4-3-5-7-9)12(18)10-8-14-13(19)15-11(10)17/h3-8H,2H2,1H3,(H2,14,15,17,19). The zero-order valence-electron chi connectivity index (χ0n) is 10.3. The molecule has 2 aromatic rings. The van der Waals surface area contributed by atoms with E-state index < -0.39 is 17.2 Å². The van der Waals surface area contributed by atoms with Crippen LogP contribution in [0.3, 0.4) is 0 Å². The number of anilines is 1. The van der Waals surface area contributed by atoms with Gasteiger partial charge in [0.15, 0.2) is 0 Å². The monoisotopic (exact) mass is 259 g/mol. The maximum atomic E-state index is 12.3. The van der Waals surface area contributed by atoms with Crippen LogP contribution >= 0.6 is 0 Å². The van der Waals surface area contributed by atoms with Crippen LogP contribution < -0.4 is 16.1 Å². The van der Waals surface area contributed by atoms with Crippen LogP contribution in [0.1, 0.15) is 17.3 Å². The average Bonchev–Trinajstić information content (AvgIpc) is 2.40. The van der Waals surface area contributed by atoms with Gasteiger partial charge in [0.05, 0.1) is 0 Å². The van der Waals surface area contributed by atoms with Crippen molar-refractivity contribution in [1.82, 2.24) is 9.97 Å². The fourth-order valence-electron chi connectivity index (χ4n) is 1.77. The van der Waals surface area contributed by atoms with Crippen LogP contribution in [0.15, 0.2) is 46.1 Å². The minimum Gasteiger partial charge on any atom is -0.313 e. The molecule has 2 N–H and O–H groups in total. The van der Waals surface area contributed by atoms with Gasteiger partial charge in [-0.25, -0.2) is 4.79 Å². The summed E-state index contributed by atoms with van der Waals surface area (Å²) in [6, 6.07) is 9.02. The molecule has 0 bridgehead atoms. The zero-order valence-corrected chi connectivity index (χ0v) is 10.3. The van der Waals surface area contributed by atoms with E-state index in [0.29, 0.717) is 12.2 Å². The van der Waals surface area contributed by atoms with Gasteiger partial charge in [-0.2, -0.15) is 0 Å². The number of aromatic nitrogens is 2. The Balaban J connectivity index is 2.42. The van der Waals surface area contributed by atoms with Crippen molar-refractivity contribution in [2.24, 2.45) is 0 Å². The molecular weight excluding hydrogens is 246 g/mol. The van der Waals surface area contributed by atoms with Crippen molar-refractivity contribution in [2.45, 2.75) is 6.92 Å². The second-order valence-electron chi connectivity index (χ2n) is 3.87. The third kappa shape index (κ3) is 2.62. The number of H-pyrrole nitrogens is 2. The summed E-state index contributed by atoms with van der Waals surface area (Å²) >= 11 is 0. The van der Waals surface area contributed by atoms with E-state index in [1.165, 1.54) is 4.90 Å². The van der Waals surface area contributed by atoms with Crippen molar-refractivity contribution in [3.63, 3.8) is 0 Å². The first-order chi connectivity index (χ1) is 9.13. The van der Waals surface area contributed by atoms with Crippen molar-refractivity contribution >= 4 is 11.6 Å². The number of benzene rings is 1. The normalized spacial score (nSPS) is 10.2. The van der Waals surface area contributed by atoms with Gasteiger partial charge in [-0.3, -0.25) is 14.6 Å². The van der Waals surface area contributed by atoms with Crippen LogP contribution in [0.25, 0.3) is 0 Å². The fraction of sp³-hybridized carbons (Fsp3) is 0.154. The number of hydrogen-bond donors (Lipinski definition) is 2. The summed E-state index contributed by atoms with van der Waals surface area (Å²) in [6.45, 7) is 2.23. The first-order valence-electron chi connectivity index (χ1n) is 5.82. The van der Waals surface area contributed by atoms with Crippen LogP contribution in [0, 0.1) is 0 Å². The van der Waals surface area contributed by atoms with Crippen molar-refractivity contribution in [2.75, 3.05) is 11.4 Å². The molecule has 2 rings (SSSR count). The lowest BCUT2D eigenvalue weighted by Crippen LogP contribution is -2.37. The Kier molecular flexibility index (Phi) is 3.61. The predicted molar refractivity (Wildman–Crippen MR) is 71.5 cm³/mol. The number of amides is 1. The Hall–Kier alpha value is -2.63. The Morgan fingerprint density at radius 2 is 1.89 bits per heavy atom. The second-order valence-corrected chi connectivity index (χ2v) is 3.87.